The Morgan fingerprint density at radius 1 is 1.62 bits per heavy atom. The number of carbonyl (C=O) groups excluding carboxylic acids is 2. The molecular formula is C10H14N4O2. The molecule has 0 aliphatic carbocycles. The second-order valence-corrected chi connectivity index (χ2v) is 3.11. The highest BCUT2D eigenvalue weighted by molar-refractivity contribution is 5.95. The molecule has 3 amide bonds. The first-order chi connectivity index (χ1) is 7.77. The average molecular weight is 222 g/mol. The summed E-state index contributed by atoms with van der Waals surface area (Å²) < 4.78 is 0. The lowest BCUT2D eigenvalue weighted by molar-refractivity contribution is -0.115. The maximum Gasteiger partial charge on any atom is 0.328 e. The second kappa shape index (κ2) is 6.52. The second-order valence-electron chi connectivity index (χ2n) is 3.11. The molecule has 0 bridgehead atoms. The highest BCUT2D eigenvalue weighted by atomic mass is 16.2. The van der Waals surface area contributed by atoms with Crippen molar-refractivity contribution in [3.05, 3.63) is 24.5 Å². The van der Waals surface area contributed by atoms with Crippen LogP contribution in [0.1, 0.15) is 6.42 Å². The molecule has 0 fully saturated rings. The number of urea groups is 1. The molecule has 1 aromatic heterocycles. The zero-order chi connectivity index (χ0) is 11.8. The van der Waals surface area contributed by atoms with Gasteiger partial charge >= 0.3 is 6.03 Å². The van der Waals surface area contributed by atoms with Gasteiger partial charge < -0.3 is 11.1 Å². The minimum absolute atomic E-state index is 0.312. The van der Waals surface area contributed by atoms with Gasteiger partial charge in [-0.05, 0) is 25.1 Å². The number of nitrogens with zero attached hydrogens (tertiary/aromatic N) is 2. The quantitative estimate of drug-likeness (QED) is 0.707. The molecule has 86 valence electrons. The van der Waals surface area contributed by atoms with E-state index in [9.17, 15) is 9.59 Å². The molecule has 0 radical (unpaired) electrons. The van der Waals surface area contributed by atoms with Gasteiger partial charge in [0.15, 0.2) is 0 Å². The van der Waals surface area contributed by atoms with Crippen molar-refractivity contribution >= 4 is 18.1 Å². The predicted molar refractivity (Wildman–Crippen MR) is 59.7 cm³/mol. The third kappa shape index (κ3) is 3.66. The number of amides is 3. The summed E-state index contributed by atoms with van der Waals surface area (Å²) in [4.78, 5) is 27.1. The van der Waals surface area contributed by atoms with Crippen molar-refractivity contribution in [2.45, 2.75) is 6.42 Å². The molecule has 0 unspecified atom stereocenters. The van der Waals surface area contributed by atoms with Crippen LogP contribution in [0.5, 0.6) is 0 Å². The van der Waals surface area contributed by atoms with Crippen LogP contribution in [0.4, 0.5) is 10.5 Å². The van der Waals surface area contributed by atoms with Crippen molar-refractivity contribution in [3.8, 4) is 0 Å². The number of nitrogens with two attached hydrogens (primary N) is 1. The fraction of sp³-hybridized carbons (Fsp3) is 0.300. The zero-order valence-electron chi connectivity index (χ0n) is 8.80. The standard InChI is InChI=1S/C10H14N4O2/c11-4-2-6-14(8-15)10(16)13-9-3-1-5-12-7-9/h1,3,5,7-8H,2,4,6,11H2,(H,13,16). The molecule has 0 aliphatic rings. The first-order valence-electron chi connectivity index (χ1n) is 4.91. The minimum Gasteiger partial charge on any atom is -0.330 e. The summed E-state index contributed by atoms with van der Waals surface area (Å²) in [5.41, 5.74) is 5.85. The number of rotatable bonds is 5. The molecule has 1 aromatic rings. The van der Waals surface area contributed by atoms with E-state index in [-0.39, 0.29) is 0 Å². The molecule has 3 N–H and O–H groups in total. The molecule has 0 saturated carbocycles. The Labute approximate surface area is 93.4 Å². The molecule has 6 heteroatoms. The van der Waals surface area contributed by atoms with E-state index in [1.807, 2.05) is 0 Å². The first kappa shape index (κ1) is 12.1. The molecule has 1 heterocycles. The summed E-state index contributed by atoms with van der Waals surface area (Å²) in [7, 11) is 0. The lowest BCUT2D eigenvalue weighted by atomic mass is 10.4. The summed E-state index contributed by atoms with van der Waals surface area (Å²) >= 11 is 0. The molecule has 0 spiro atoms. The summed E-state index contributed by atoms with van der Waals surface area (Å²) in [6.07, 6.45) is 4.17. The number of anilines is 1. The van der Waals surface area contributed by atoms with E-state index in [0.29, 0.717) is 31.6 Å². The van der Waals surface area contributed by atoms with Gasteiger partial charge in [-0.2, -0.15) is 0 Å². The summed E-state index contributed by atoms with van der Waals surface area (Å²) in [5.74, 6) is 0. The van der Waals surface area contributed by atoms with Crippen molar-refractivity contribution in [2.75, 3.05) is 18.4 Å². The number of imide groups is 1. The normalized spacial score (nSPS) is 9.56. The number of pyridine rings is 1. The molecule has 0 atom stereocenters. The largest absolute Gasteiger partial charge is 0.330 e. The number of nitrogens with one attached hydrogen (secondary N) is 1. The van der Waals surface area contributed by atoms with Gasteiger partial charge in [0.2, 0.25) is 6.41 Å². The van der Waals surface area contributed by atoms with Gasteiger partial charge in [-0.25, -0.2) is 4.79 Å². The van der Waals surface area contributed by atoms with Crippen LogP contribution in [0.15, 0.2) is 24.5 Å². The van der Waals surface area contributed by atoms with E-state index < -0.39 is 6.03 Å². The van der Waals surface area contributed by atoms with Crippen LogP contribution in [0.2, 0.25) is 0 Å². The summed E-state index contributed by atoms with van der Waals surface area (Å²) in [5, 5.41) is 2.55. The Balaban J connectivity index is 2.53. The van der Waals surface area contributed by atoms with Crippen LogP contribution in [-0.2, 0) is 4.79 Å². The lowest BCUT2D eigenvalue weighted by Crippen LogP contribution is -2.35. The van der Waals surface area contributed by atoms with Crippen LogP contribution in [0.3, 0.4) is 0 Å². The van der Waals surface area contributed by atoms with Gasteiger partial charge in [-0.1, -0.05) is 0 Å². The van der Waals surface area contributed by atoms with Gasteiger partial charge in [0.1, 0.15) is 0 Å². The van der Waals surface area contributed by atoms with Gasteiger partial charge in [0, 0.05) is 12.7 Å². The smallest absolute Gasteiger partial charge is 0.328 e. The molecule has 0 saturated heterocycles. The maximum atomic E-state index is 11.6. The average Bonchev–Trinajstić information content (AvgIpc) is 2.31. The van der Waals surface area contributed by atoms with Gasteiger partial charge in [-0.15, -0.1) is 0 Å². The molecular weight excluding hydrogens is 208 g/mol. The summed E-state index contributed by atoms with van der Waals surface area (Å²) in [6, 6.07) is 2.91. The van der Waals surface area contributed by atoms with Crippen LogP contribution >= 0.6 is 0 Å². The third-order valence-corrected chi connectivity index (χ3v) is 1.90. The monoisotopic (exact) mass is 222 g/mol. The number of aromatic nitrogens is 1. The molecule has 1 rings (SSSR count). The van der Waals surface area contributed by atoms with Crippen molar-refractivity contribution in [1.82, 2.24) is 9.88 Å². The molecule has 16 heavy (non-hydrogen) atoms. The lowest BCUT2D eigenvalue weighted by Gasteiger charge is -2.15. The highest BCUT2D eigenvalue weighted by Gasteiger charge is 2.11. The Morgan fingerprint density at radius 3 is 3.00 bits per heavy atom. The van der Waals surface area contributed by atoms with Crippen LogP contribution in [0.25, 0.3) is 0 Å². The molecule has 6 nitrogen and oxygen atoms in total. The SMILES string of the molecule is NCCCN(C=O)C(=O)Nc1cccnc1. The van der Waals surface area contributed by atoms with E-state index in [0.717, 1.165) is 4.90 Å². The predicted octanol–water partition coefficient (Wildman–Crippen LogP) is 0.421. The fourth-order valence-electron chi connectivity index (χ4n) is 1.10. The van der Waals surface area contributed by atoms with Gasteiger partial charge in [0.05, 0.1) is 11.9 Å². The van der Waals surface area contributed by atoms with Crippen molar-refractivity contribution < 1.29 is 9.59 Å². The number of hydrogen-bond acceptors (Lipinski definition) is 4. The Hall–Kier alpha value is -1.95. The van der Waals surface area contributed by atoms with Gasteiger partial charge in [-0.3, -0.25) is 14.7 Å². The minimum atomic E-state index is -0.476. The van der Waals surface area contributed by atoms with Gasteiger partial charge in [0.25, 0.3) is 0 Å². The van der Waals surface area contributed by atoms with E-state index in [2.05, 4.69) is 10.3 Å². The Kier molecular flexibility index (Phi) is 4.94. The first-order valence-corrected chi connectivity index (χ1v) is 4.91. The van der Waals surface area contributed by atoms with Crippen molar-refractivity contribution in [3.63, 3.8) is 0 Å². The third-order valence-electron chi connectivity index (χ3n) is 1.90. The van der Waals surface area contributed by atoms with Crippen molar-refractivity contribution in [2.24, 2.45) is 5.73 Å². The van der Waals surface area contributed by atoms with E-state index in [1.165, 1.54) is 6.20 Å². The molecule has 0 aromatic carbocycles. The molecule has 0 aliphatic heterocycles. The summed E-state index contributed by atoms with van der Waals surface area (Å²) in [6.45, 7) is 0.747. The fourth-order valence-corrected chi connectivity index (χ4v) is 1.10. The highest BCUT2D eigenvalue weighted by Crippen LogP contribution is 2.03. The maximum absolute atomic E-state index is 11.6. The number of hydrogen-bond donors (Lipinski definition) is 2. The van der Waals surface area contributed by atoms with Crippen LogP contribution < -0.4 is 11.1 Å². The van der Waals surface area contributed by atoms with E-state index >= 15 is 0 Å². The van der Waals surface area contributed by atoms with Crippen LogP contribution in [-0.4, -0.2) is 35.4 Å². The van der Waals surface area contributed by atoms with Crippen LogP contribution in [0, 0.1) is 0 Å². The van der Waals surface area contributed by atoms with E-state index in [4.69, 9.17) is 5.73 Å². The Morgan fingerprint density at radius 2 is 2.44 bits per heavy atom. The zero-order valence-corrected chi connectivity index (χ0v) is 8.80. The topological polar surface area (TPSA) is 88.3 Å². The number of carbonyl (C=O) groups is 2. The van der Waals surface area contributed by atoms with Crippen molar-refractivity contribution in [1.29, 1.82) is 0 Å². The Bertz CT molecular complexity index is 342. The van der Waals surface area contributed by atoms with E-state index in [1.54, 1.807) is 18.3 Å².